The van der Waals surface area contributed by atoms with E-state index in [1.807, 2.05) is 6.92 Å². The van der Waals surface area contributed by atoms with Crippen molar-refractivity contribution in [1.29, 1.82) is 0 Å². The molecule has 0 saturated heterocycles. The van der Waals surface area contributed by atoms with Gasteiger partial charge in [0, 0.05) is 14.1 Å². The van der Waals surface area contributed by atoms with Gasteiger partial charge < -0.3 is 9.64 Å². The van der Waals surface area contributed by atoms with Gasteiger partial charge in [0.05, 0.1) is 23.8 Å². The van der Waals surface area contributed by atoms with E-state index in [1.54, 1.807) is 31.1 Å². The second-order valence-electron chi connectivity index (χ2n) is 5.87. The van der Waals surface area contributed by atoms with E-state index in [0.717, 1.165) is 5.56 Å². The molecular weight excluding hydrogens is 355 g/mol. The lowest BCUT2D eigenvalue weighted by molar-refractivity contribution is 0.340. The topological polar surface area (TPSA) is 59.0 Å². The molecule has 0 spiro atoms. The van der Waals surface area contributed by atoms with Gasteiger partial charge in [0.15, 0.2) is 5.84 Å². The van der Waals surface area contributed by atoms with E-state index < -0.39 is 10.0 Å². The normalized spacial score (nSPS) is 12.8. The summed E-state index contributed by atoms with van der Waals surface area (Å²) in [6.45, 7) is 1.87. The third kappa shape index (κ3) is 4.70. The third-order valence-electron chi connectivity index (χ3n) is 3.58. The number of nitrogens with zero attached hydrogens (tertiary/aromatic N) is 2. The fraction of sp³-hybridized carbons (Fsp3) is 0.211. The summed E-state index contributed by atoms with van der Waals surface area (Å²) in [6, 6.07) is 12.1. The number of likely N-dealkylation sites (N-methyl/N-ethyl adjacent to an activating group) is 1. The van der Waals surface area contributed by atoms with E-state index in [4.69, 9.17) is 4.74 Å². The summed E-state index contributed by atoms with van der Waals surface area (Å²) in [6.07, 6.45) is 1.39. The molecule has 0 fully saturated rings. The standard InChI is InChI=1S/C19H21FN2O3S/c1-14-5-11-17(12-6-14)26(23,24)21-19(22(2)3)18(13-25-4)15-7-9-16(20)10-8-15/h5-13H,1-4H3/b18-13+,21-19+. The summed E-state index contributed by atoms with van der Waals surface area (Å²) >= 11 is 0. The third-order valence-corrected chi connectivity index (χ3v) is 4.86. The highest BCUT2D eigenvalue weighted by atomic mass is 32.2. The van der Waals surface area contributed by atoms with Gasteiger partial charge in [0.2, 0.25) is 0 Å². The van der Waals surface area contributed by atoms with Crippen LogP contribution in [0.5, 0.6) is 0 Å². The first-order valence-corrected chi connectivity index (χ1v) is 9.27. The highest BCUT2D eigenvalue weighted by Crippen LogP contribution is 2.21. The maximum atomic E-state index is 13.2. The van der Waals surface area contributed by atoms with Gasteiger partial charge >= 0.3 is 0 Å². The smallest absolute Gasteiger partial charge is 0.284 e. The molecule has 2 rings (SSSR count). The highest BCUT2D eigenvalue weighted by molar-refractivity contribution is 7.90. The second-order valence-corrected chi connectivity index (χ2v) is 7.48. The predicted molar refractivity (Wildman–Crippen MR) is 101 cm³/mol. The van der Waals surface area contributed by atoms with Crippen molar-refractivity contribution in [3.8, 4) is 0 Å². The molecule has 5 nitrogen and oxygen atoms in total. The largest absolute Gasteiger partial charge is 0.504 e. The lowest BCUT2D eigenvalue weighted by Gasteiger charge is -2.18. The summed E-state index contributed by atoms with van der Waals surface area (Å²) in [5.74, 6) is -0.208. The minimum Gasteiger partial charge on any atom is -0.504 e. The summed E-state index contributed by atoms with van der Waals surface area (Å²) in [5.41, 5.74) is 1.96. The van der Waals surface area contributed by atoms with Crippen molar-refractivity contribution in [2.75, 3.05) is 21.2 Å². The maximum Gasteiger partial charge on any atom is 0.284 e. The molecule has 2 aromatic carbocycles. The predicted octanol–water partition coefficient (Wildman–Crippen LogP) is 3.47. The number of aryl methyl sites for hydroxylation is 1. The summed E-state index contributed by atoms with van der Waals surface area (Å²) in [4.78, 5) is 1.67. The molecule has 26 heavy (non-hydrogen) atoms. The number of rotatable bonds is 5. The van der Waals surface area contributed by atoms with Crippen LogP contribution in [0, 0.1) is 12.7 Å². The van der Waals surface area contributed by atoms with Crippen molar-refractivity contribution >= 4 is 21.4 Å². The monoisotopic (exact) mass is 376 g/mol. The SMILES string of the molecule is CO/C=C(/C(=N\S(=O)(=O)c1ccc(C)cc1)N(C)C)c1ccc(F)cc1. The number of ether oxygens (including phenoxy) is 1. The molecule has 0 aromatic heterocycles. The Hall–Kier alpha value is -2.67. The van der Waals surface area contributed by atoms with E-state index in [0.29, 0.717) is 11.1 Å². The van der Waals surface area contributed by atoms with Crippen LogP contribution in [0.2, 0.25) is 0 Å². The van der Waals surface area contributed by atoms with Crippen LogP contribution in [0.1, 0.15) is 11.1 Å². The van der Waals surface area contributed by atoms with Crippen LogP contribution in [0.15, 0.2) is 64.1 Å². The number of hydrogen-bond acceptors (Lipinski definition) is 3. The Balaban J connectivity index is 2.57. The Bertz CT molecular complexity index is 916. The molecule has 0 N–H and O–H groups in total. The van der Waals surface area contributed by atoms with E-state index in [2.05, 4.69) is 4.40 Å². The molecule has 0 atom stereocenters. The summed E-state index contributed by atoms with van der Waals surface area (Å²) in [5, 5.41) is 0. The number of methoxy groups -OCH3 is 1. The minimum absolute atomic E-state index is 0.0957. The van der Waals surface area contributed by atoms with Gasteiger partial charge in [0.1, 0.15) is 5.82 Å². The Morgan fingerprint density at radius 2 is 1.65 bits per heavy atom. The van der Waals surface area contributed by atoms with Gasteiger partial charge in [-0.3, -0.25) is 0 Å². The Morgan fingerprint density at radius 1 is 1.08 bits per heavy atom. The molecule has 0 unspecified atom stereocenters. The van der Waals surface area contributed by atoms with E-state index >= 15 is 0 Å². The molecule has 0 heterocycles. The number of benzene rings is 2. The van der Waals surface area contributed by atoms with Gasteiger partial charge in [-0.2, -0.15) is 8.42 Å². The van der Waals surface area contributed by atoms with Gasteiger partial charge in [0.25, 0.3) is 10.0 Å². The first-order valence-electron chi connectivity index (χ1n) is 7.83. The van der Waals surface area contributed by atoms with Crippen molar-refractivity contribution < 1.29 is 17.5 Å². The van der Waals surface area contributed by atoms with Crippen LogP contribution in [0.25, 0.3) is 5.57 Å². The Labute approximate surface area is 153 Å². The van der Waals surface area contributed by atoms with E-state index in [-0.39, 0.29) is 16.5 Å². The minimum atomic E-state index is -3.92. The fourth-order valence-corrected chi connectivity index (χ4v) is 3.32. The van der Waals surface area contributed by atoms with Crippen LogP contribution in [-0.4, -0.2) is 40.4 Å². The van der Waals surface area contributed by atoms with Gasteiger partial charge in [-0.15, -0.1) is 4.40 Å². The number of sulfonamides is 1. The quantitative estimate of drug-likeness (QED) is 0.455. The molecule has 0 amide bonds. The maximum absolute atomic E-state index is 13.2. The van der Waals surface area contributed by atoms with Gasteiger partial charge in [-0.05, 0) is 36.8 Å². The van der Waals surface area contributed by atoms with Crippen LogP contribution in [0.3, 0.4) is 0 Å². The molecule has 0 saturated carbocycles. The van der Waals surface area contributed by atoms with E-state index in [1.165, 1.54) is 49.8 Å². The average Bonchev–Trinajstić information content (AvgIpc) is 2.59. The molecule has 138 valence electrons. The average molecular weight is 376 g/mol. The molecule has 0 aliphatic heterocycles. The van der Waals surface area contributed by atoms with Crippen LogP contribution in [-0.2, 0) is 14.8 Å². The lowest BCUT2D eigenvalue weighted by atomic mass is 10.1. The van der Waals surface area contributed by atoms with Crippen LogP contribution < -0.4 is 0 Å². The van der Waals surface area contributed by atoms with Crippen molar-refractivity contribution in [3.05, 3.63) is 71.7 Å². The zero-order chi connectivity index (χ0) is 19.3. The van der Waals surface area contributed by atoms with Gasteiger partial charge in [-0.25, -0.2) is 4.39 Å². The molecule has 7 heteroatoms. The molecule has 0 aliphatic rings. The number of halogens is 1. The van der Waals surface area contributed by atoms with Crippen LogP contribution >= 0.6 is 0 Å². The first kappa shape index (κ1) is 19.7. The second kappa shape index (κ2) is 8.14. The van der Waals surface area contributed by atoms with Crippen molar-refractivity contribution in [1.82, 2.24) is 4.90 Å². The molecule has 0 bridgehead atoms. The van der Waals surface area contributed by atoms with Crippen molar-refractivity contribution in [2.45, 2.75) is 11.8 Å². The fourth-order valence-electron chi connectivity index (χ4n) is 2.25. The molecule has 0 aliphatic carbocycles. The highest BCUT2D eigenvalue weighted by Gasteiger charge is 2.20. The summed E-state index contributed by atoms with van der Waals surface area (Å²) in [7, 11) is 0.879. The lowest BCUT2D eigenvalue weighted by Crippen LogP contribution is -2.25. The zero-order valence-electron chi connectivity index (χ0n) is 15.1. The van der Waals surface area contributed by atoms with Crippen LogP contribution in [0.4, 0.5) is 4.39 Å². The molecular formula is C19H21FN2O3S. The number of amidine groups is 1. The van der Waals surface area contributed by atoms with Crippen molar-refractivity contribution in [3.63, 3.8) is 0 Å². The van der Waals surface area contributed by atoms with E-state index in [9.17, 15) is 12.8 Å². The summed E-state index contributed by atoms with van der Waals surface area (Å²) < 4.78 is 47.7. The Morgan fingerprint density at radius 3 is 2.15 bits per heavy atom. The molecule has 2 aromatic rings. The number of hydrogen-bond donors (Lipinski definition) is 0. The van der Waals surface area contributed by atoms with Crippen molar-refractivity contribution in [2.24, 2.45) is 4.40 Å². The first-order chi connectivity index (χ1) is 12.2. The van der Waals surface area contributed by atoms with Gasteiger partial charge in [-0.1, -0.05) is 29.8 Å². The Kier molecular flexibility index (Phi) is 6.15. The zero-order valence-corrected chi connectivity index (χ0v) is 15.9. The molecule has 0 radical (unpaired) electrons.